The van der Waals surface area contributed by atoms with E-state index in [4.69, 9.17) is 16.3 Å². The number of nitrogens with one attached hydrogen (secondary N) is 2. The predicted octanol–water partition coefficient (Wildman–Crippen LogP) is 4.06. The van der Waals surface area contributed by atoms with Gasteiger partial charge >= 0.3 is 6.03 Å². The Kier molecular flexibility index (Phi) is 4.78. The van der Waals surface area contributed by atoms with Crippen LogP contribution >= 0.6 is 11.6 Å². The minimum Gasteiger partial charge on any atom is -0.373 e. The van der Waals surface area contributed by atoms with Gasteiger partial charge in [0.05, 0.1) is 24.3 Å². The first-order valence-electron chi connectivity index (χ1n) is 8.66. The lowest BCUT2D eigenvalue weighted by Crippen LogP contribution is -2.39. The molecular weight excluding hydrogens is 385 g/mol. The van der Waals surface area contributed by atoms with Gasteiger partial charge in [-0.3, -0.25) is 4.79 Å². The summed E-state index contributed by atoms with van der Waals surface area (Å²) in [7, 11) is 1.64. The van der Waals surface area contributed by atoms with Crippen LogP contribution in [0, 0.1) is 5.82 Å². The van der Waals surface area contributed by atoms with E-state index in [0.717, 1.165) is 10.9 Å². The fraction of sp³-hybridized carbons (Fsp3) is 0.200. The average molecular weight is 402 g/mol. The lowest BCUT2D eigenvalue weighted by atomic mass is 9.96. The van der Waals surface area contributed by atoms with Crippen molar-refractivity contribution in [3.63, 3.8) is 0 Å². The Balaban J connectivity index is 1.69. The summed E-state index contributed by atoms with van der Waals surface area (Å²) < 4.78 is 18.9. The quantitative estimate of drug-likeness (QED) is 0.680. The molecule has 1 atom stereocenters. The predicted molar refractivity (Wildman–Crippen MR) is 105 cm³/mol. The van der Waals surface area contributed by atoms with Crippen molar-refractivity contribution < 1.29 is 13.9 Å². The fourth-order valence-corrected chi connectivity index (χ4v) is 3.61. The third-order valence-corrected chi connectivity index (χ3v) is 5.16. The van der Waals surface area contributed by atoms with E-state index >= 15 is 0 Å². The number of likely N-dealkylation sites (N-methyl/N-ethyl adjacent to an activating group) is 1. The number of benzene rings is 2. The number of carbonyl (C=O) groups excluding carboxylic acids is 1. The summed E-state index contributed by atoms with van der Waals surface area (Å²) in [6.07, 6.45) is 0. The van der Waals surface area contributed by atoms with E-state index in [1.807, 2.05) is 12.1 Å². The van der Waals surface area contributed by atoms with Gasteiger partial charge < -0.3 is 19.9 Å². The molecule has 0 unspecified atom stereocenters. The molecule has 2 amide bonds. The number of anilines is 1. The van der Waals surface area contributed by atoms with Crippen molar-refractivity contribution in [2.24, 2.45) is 0 Å². The molecule has 0 spiro atoms. The highest BCUT2D eigenvalue weighted by Crippen LogP contribution is 2.33. The Morgan fingerprint density at radius 1 is 1.29 bits per heavy atom. The second-order valence-electron chi connectivity index (χ2n) is 6.59. The molecule has 6 nitrogen and oxygen atoms in total. The Hall–Kier alpha value is -2.90. The van der Waals surface area contributed by atoms with Gasteiger partial charge in [-0.05, 0) is 29.7 Å². The number of H-pyrrole nitrogens is 1. The van der Waals surface area contributed by atoms with Crippen LogP contribution in [0.5, 0.6) is 0 Å². The summed E-state index contributed by atoms with van der Waals surface area (Å²) in [4.78, 5) is 29.4. The molecule has 0 bridgehead atoms. The molecule has 1 aliphatic heterocycles. The molecule has 0 saturated heterocycles. The highest BCUT2D eigenvalue weighted by atomic mass is 35.5. The molecule has 144 valence electrons. The van der Waals surface area contributed by atoms with Crippen molar-refractivity contribution in [2.75, 3.05) is 19.0 Å². The highest BCUT2D eigenvalue weighted by molar-refractivity contribution is 6.31. The standard InChI is InChI=1S/C20H17ClFN3O3/c1-25(20(27)23-11-6-7-15(22)14(21)8-11)17-10-28-9-16-18(17)12-4-2-3-5-13(12)19(26)24-16/h2-8,17H,9-10H2,1H3,(H,23,27)(H,24,26)/t17-/m0/s1. The van der Waals surface area contributed by atoms with Gasteiger partial charge in [-0.2, -0.15) is 0 Å². The zero-order valence-corrected chi connectivity index (χ0v) is 15.7. The van der Waals surface area contributed by atoms with Crippen molar-refractivity contribution in [1.29, 1.82) is 0 Å². The molecule has 0 aliphatic carbocycles. The van der Waals surface area contributed by atoms with Gasteiger partial charge in [-0.15, -0.1) is 0 Å². The number of hydrogen-bond acceptors (Lipinski definition) is 3. The Morgan fingerprint density at radius 2 is 2.04 bits per heavy atom. The zero-order chi connectivity index (χ0) is 19.8. The van der Waals surface area contributed by atoms with E-state index in [9.17, 15) is 14.0 Å². The van der Waals surface area contributed by atoms with Crippen LogP contribution in [0.25, 0.3) is 10.8 Å². The molecule has 2 heterocycles. The van der Waals surface area contributed by atoms with Crippen molar-refractivity contribution in [3.05, 3.63) is 74.9 Å². The number of aromatic amines is 1. The van der Waals surface area contributed by atoms with Crippen LogP contribution in [0.4, 0.5) is 14.9 Å². The van der Waals surface area contributed by atoms with E-state index < -0.39 is 17.9 Å². The second-order valence-corrected chi connectivity index (χ2v) is 7.00. The molecule has 0 saturated carbocycles. The topological polar surface area (TPSA) is 74.4 Å². The summed E-state index contributed by atoms with van der Waals surface area (Å²) >= 11 is 5.78. The van der Waals surface area contributed by atoms with Gasteiger partial charge in [-0.25, -0.2) is 9.18 Å². The molecule has 2 aromatic carbocycles. The second kappa shape index (κ2) is 7.26. The van der Waals surface area contributed by atoms with Crippen molar-refractivity contribution in [2.45, 2.75) is 12.6 Å². The Labute approximate surface area is 164 Å². The first kappa shape index (κ1) is 18.5. The SMILES string of the molecule is CN(C(=O)Nc1ccc(F)c(Cl)c1)[C@H]1COCc2[nH]c(=O)c3ccccc3c21. The molecule has 8 heteroatoms. The summed E-state index contributed by atoms with van der Waals surface area (Å²) in [6.45, 7) is 0.562. The molecule has 3 aromatic rings. The van der Waals surface area contributed by atoms with E-state index in [0.29, 0.717) is 16.8 Å². The van der Waals surface area contributed by atoms with Gasteiger partial charge in [0.2, 0.25) is 0 Å². The van der Waals surface area contributed by atoms with Gasteiger partial charge in [0, 0.05) is 29.4 Å². The van der Waals surface area contributed by atoms with Gasteiger partial charge in [0.15, 0.2) is 0 Å². The Bertz CT molecular complexity index is 1130. The van der Waals surface area contributed by atoms with Crippen LogP contribution in [0.3, 0.4) is 0 Å². The average Bonchev–Trinajstić information content (AvgIpc) is 2.70. The maximum atomic E-state index is 13.3. The molecule has 1 aliphatic rings. The number of hydrogen-bond donors (Lipinski definition) is 2. The normalized spacial score (nSPS) is 15.9. The van der Waals surface area contributed by atoms with Gasteiger partial charge in [0.25, 0.3) is 5.56 Å². The van der Waals surface area contributed by atoms with Gasteiger partial charge in [0.1, 0.15) is 5.82 Å². The molecular formula is C20H17ClFN3O3. The van der Waals surface area contributed by atoms with Crippen LogP contribution in [-0.2, 0) is 11.3 Å². The zero-order valence-electron chi connectivity index (χ0n) is 15.0. The minimum absolute atomic E-state index is 0.0737. The van der Waals surface area contributed by atoms with Crippen LogP contribution in [0.2, 0.25) is 5.02 Å². The minimum atomic E-state index is -0.557. The third-order valence-electron chi connectivity index (χ3n) is 4.87. The van der Waals surface area contributed by atoms with E-state index in [1.54, 1.807) is 19.2 Å². The molecule has 1 aromatic heterocycles. The summed E-state index contributed by atoms with van der Waals surface area (Å²) in [6, 6.07) is 10.4. The number of amides is 2. The number of urea groups is 1. The number of fused-ring (bicyclic) bond motifs is 3. The third kappa shape index (κ3) is 3.23. The molecule has 0 radical (unpaired) electrons. The van der Waals surface area contributed by atoms with Crippen LogP contribution in [-0.4, -0.2) is 29.6 Å². The number of carbonyl (C=O) groups is 1. The number of pyridine rings is 1. The van der Waals surface area contributed by atoms with Gasteiger partial charge in [-0.1, -0.05) is 29.8 Å². The molecule has 28 heavy (non-hydrogen) atoms. The number of ether oxygens (including phenoxy) is 1. The lowest BCUT2D eigenvalue weighted by molar-refractivity contribution is 0.0527. The number of halogens is 2. The largest absolute Gasteiger partial charge is 0.373 e. The molecule has 0 fully saturated rings. The highest BCUT2D eigenvalue weighted by Gasteiger charge is 2.30. The number of rotatable bonds is 2. The fourth-order valence-electron chi connectivity index (χ4n) is 3.43. The number of aromatic nitrogens is 1. The molecule has 4 rings (SSSR count). The van der Waals surface area contributed by atoms with E-state index in [-0.39, 0.29) is 23.8 Å². The van der Waals surface area contributed by atoms with Crippen LogP contribution in [0.15, 0.2) is 47.3 Å². The van der Waals surface area contributed by atoms with Crippen LogP contribution in [0.1, 0.15) is 17.3 Å². The Morgan fingerprint density at radius 3 is 2.79 bits per heavy atom. The van der Waals surface area contributed by atoms with E-state index in [2.05, 4.69) is 10.3 Å². The monoisotopic (exact) mass is 401 g/mol. The number of nitrogens with zero attached hydrogens (tertiary/aromatic N) is 1. The first-order valence-corrected chi connectivity index (χ1v) is 9.04. The van der Waals surface area contributed by atoms with Crippen molar-refractivity contribution >= 4 is 34.1 Å². The van der Waals surface area contributed by atoms with Crippen LogP contribution < -0.4 is 10.9 Å². The summed E-state index contributed by atoms with van der Waals surface area (Å²) in [5.74, 6) is -0.557. The maximum absolute atomic E-state index is 13.3. The van der Waals surface area contributed by atoms with Crippen molar-refractivity contribution in [3.8, 4) is 0 Å². The molecule has 2 N–H and O–H groups in total. The first-order chi connectivity index (χ1) is 13.5. The van der Waals surface area contributed by atoms with Crippen molar-refractivity contribution in [1.82, 2.24) is 9.88 Å². The lowest BCUT2D eigenvalue weighted by Gasteiger charge is -2.33. The van der Waals surface area contributed by atoms with E-state index in [1.165, 1.54) is 23.1 Å². The smallest absolute Gasteiger partial charge is 0.322 e. The maximum Gasteiger partial charge on any atom is 0.322 e. The summed E-state index contributed by atoms with van der Waals surface area (Å²) in [5, 5.41) is 3.99. The summed E-state index contributed by atoms with van der Waals surface area (Å²) in [5.41, 5.74) is 1.71.